The van der Waals surface area contributed by atoms with Crippen molar-refractivity contribution in [2.75, 3.05) is 4.72 Å². The predicted octanol–water partition coefficient (Wildman–Crippen LogP) is 1.45. The molecule has 0 aliphatic carbocycles. The Hall–Kier alpha value is -2.96. The molecule has 0 fully saturated rings. The fourth-order valence-electron chi connectivity index (χ4n) is 1.76. The van der Waals surface area contributed by atoms with Crippen LogP contribution in [0.25, 0.3) is 11.2 Å². The molecule has 2 N–H and O–H groups in total. The molecule has 3 rings (SSSR count). The number of halogens is 3. The van der Waals surface area contributed by atoms with Gasteiger partial charge in [-0.05, 0) is 24.3 Å². The zero-order valence-electron chi connectivity index (χ0n) is 11.4. The van der Waals surface area contributed by atoms with Crippen molar-refractivity contribution in [1.82, 2.24) is 25.4 Å². The maximum Gasteiger partial charge on any atom is 0.573 e. The molecule has 2 aromatic heterocycles. The highest BCUT2D eigenvalue weighted by molar-refractivity contribution is 7.92. The first-order chi connectivity index (χ1) is 11.2. The van der Waals surface area contributed by atoms with E-state index in [4.69, 9.17) is 0 Å². The van der Waals surface area contributed by atoms with Gasteiger partial charge < -0.3 is 4.74 Å². The molecule has 0 saturated heterocycles. The molecule has 0 spiro atoms. The number of nitrogens with zero attached hydrogens (tertiary/aromatic N) is 4. The number of nitrogens with one attached hydrogen (secondary N) is 2. The van der Waals surface area contributed by atoms with Gasteiger partial charge in [0, 0.05) is 0 Å². The van der Waals surface area contributed by atoms with E-state index in [9.17, 15) is 21.6 Å². The van der Waals surface area contributed by atoms with Gasteiger partial charge in [-0.1, -0.05) is 0 Å². The molecule has 24 heavy (non-hydrogen) atoms. The van der Waals surface area contributed by atoms with Crippen molar-refractivity contribution in [2.45, 2.75) is 11.3 Å². The number of aromatic amines is 1. The fraction of sp³-hybridized carbons (Fsp3) is 0.0909. The zero-order valence-corrected chi connectivity index (χ0v) is 12.3. The van der Waals surface area contributed by atoms with Gasteiger partial charge in [-0.25, -0.2) is 18.4 Å². The Morgan fingerprint density at radius 1 is 1.08 bits per heavy atom. The van der Waals surface area contributed by atoms with E-state index in [0.29, 0.717) is 0 Å². The lowest BCUT2D eigenvalue weighted by Crippen LogP contribution is -2.17. The Labute approximate surface area is 131 Å². The summed E-state index contributed by atoms with van der Waals surface area (Å²) in [7, 11) is -4.10. The van der Waals surface area contributed by atoms with E-state index in [1.807, 2.05) is 0 Å². The second-order valence-corrected chi connectivity index (χ2v) is 6.03. The maximum atomic E-state index is 12.3. The summed E-state index contributed by atoms with van der Waals surface area (Å²) in [6, 6.07) is 3.69. The van der Waals surface area contributed by atoms with Crippen LogP contribution in [-0.2, 0) is 10.0 Å². The molecule has 13 heteroatoms. The standard InChI is InChI=1S/C11H7F3N6O3S/c12-11(13,14)23-6-1-3-7(4-2-6)24(21,22)19-10-8-9(15-5-16-10)18-20-17-8/h1-5H,(H2,15,16,17,18,19,20). The second-order valence-electron chi connectivity index (χ2n) is 4.34. The first kappa shape index (κ1) is 15.9. The predicted molar refractivity (Wildman–Crippen MR) is 73.4 cm³/mol. The van der Waals surface area contributed by atoms with E-state index in [-0.39, 0.29) is 21.9 Å². The molecule has 0 unspecified atom stereocenters. The minimum atomic E-state index is -4.86. The van der Waals surface area contributed by atoms with Crippen molar-refractivity contribution in [2.24, 2.45) is 0 Å². The molecule has 0 saturated carbocycles. The normalized spacial score (nSPS) is 12.3. The summed E-state index contributed by atoms with van der Waals surface area (Å²) >= 11 is 0. The number of aromatic nitrogens is 5. The maximum absolute atomic E-state index is 12.3. The van der Waals surface area contributed by atoms with E-state index >= 15 is 0 Å². The summed E-state index contributed by atoms with van der Waals surface area (Å²) < 4.78 is 66.7. The van der Waals surface area contributed by atoms with Crippen molar-refractivity contribution in [3.8, 4) is 5.75 Å². The monoisotopic (exact) mass is 360 g/mol. The molecule has 9 nitrogen and oxygen atoms in total. The Bertz CT molecular complexity index is 971. The van der Waals surface area contributed by atoms with E-state index < -0.39 is 22.1 Å². The van der Waals surface area contributed by atoms with Crippen LogP contribution in [0.5, 0.6) is 5.75 Å². The average molecular weight is 360 g/mol. The van der Waals surface area contributed by atoms with E-state index in [1.165, 1.54) is 0 Å². The summed E-state index contributed by atoms with van der Waals surface area (Å²) in [5, 5.41) is 9.67. The lowest BCUT2D eigenvalue weighted by Gasteiger charge is -2.10. The Kier molecular flexibility index (Phi) is 3.71. The van der Waals surface area contributed by atoms with Crippen LogP contribution in [-0.4, -0.2) is 40.2 Å². The topological polar surface area (TPSA) is 123 Å². The Balaban J connectivity index is 1.87. The summed E-state index contributed by atoms with van der Waals surface area (Å²) in [6.45, 7) is 0. The largest absolute Gasteiger partial charge is 0.573 e. The number of ether oxygens (including phenoxy) is 1. The van der Waals surface area contributed by atoms with Crippen molar-refractivity contribution in [3.05, 3.63) is 30.6 Å². The minimum Gasteiger partial charge on any atom is -0.406 e. The number of fused-ring (bicyclic) bond motifs is 1. The molecule has 0 bridgehead atoms. The van der Waals surface area contributed by atoms with Crippen LogP contribution in [0.2, 0.25) is 0 Å². The number of H-pyrrole nitrogens is 1. The summed E-state index contributed by atoms with van der Waals surface area (Å²) in [5.74, 6) is -0.660. The van der Waals surface area contributed by atoms with Gasteiger partial charge in [-0.15, -0.1) is 18.3 Å². The van der Waals surface area contributed by atoms with E-state index in [0.717, 1.165) is 30.6 Å². The molecule has 0 atom stereocenters. The van der Waals surface area contributed by atoms with Crippen LogP contribution in [0.15, 0.2) is 35.5 Å². The zero-order chi connectivity index (χ0) is 17.4. The van der Waals surface area contributed by atoms with Crippen molar-refractivity contribution < 1.29 is 26.3 Å². The number of alkyl halides is 3. The number of anilines is 1. The number of hydrogen-bond acceptors (Lipinski definition) is 7. The van der Waals surface area contributed by atoms with Gasteiger partial charge in [0.25, 0.3) is 10.0 Å². The molecule has 0 aliphatic heterocycles. The third kappa shape index (κ3) is 3.34. The average Bonchev–Trinajstić information content (AvgIpc) is 2.95. The van der Waals surface area contributed by atoms with Crippen LogP contribution < -0.4 is 9.46 Å². The van der Waals surface area contributed by atoms with Gasteiger partial charge in [0.1, 0.15) is 12.1 Å². The summed E-state index contributed by atoms with van der Waals surface area (Å²) in [5.41, 5.74) is 0.245. The molecular formula is C11H7F3N6O3S. The molecule has 2 heterocycles. The van der Waals surface area contributed by atoms with Gasteiger partial charge >= 0.3 is 6.36 Å². The first-order valence-corrected chi connectivity index (χ1v) is 7.63. The van der Waals surface area contributed by atoms with Crippen LogP contribution in [0, 0.1) is 0 Å². The summed E-state index contributed by atoms with van der Waals surface area (Å²) in [6.07, 6.45) is -3.78. The van der Waals surface area contributed by atoms with Crippen LogP contribution in [0.3, 0.4) is 0 Å². The van der Waals surface area contributed by atoms with Crippen LogP contribution in [0.1, 0.15) is 0 Å². The van der Waals surface area contributed by atoms with Gasteiger partial charge in [-0.2, -0.15) is 10.3 Å². The minimum absolute atomic E-state index is 0.0955. The molecular weight excluding hydrogens is 353 g/mol. The number of rotatable bonds is 4. The molecule has 3 aromatic rings. The first-order valence-electron chi connectivity index (χ1n) is 6.15. The second kappa shape index (κ2) is 5.59. The molecule has 0 aliphatic rings. The molecule has 1 aromatic carbocycles. The highest BCUT2D eigenvalue weighted by atomic mass is 32.2. The quantitative estimate of drug-likeness (QED) is 0.722. The van der Waals surface area contributed by atoms with Gasteiger partial charge in [0.15, 0.2) is 11.3 Å². The highest BCUT2D eigenvalue weighted by Gasteiger charge is 2.31. The van der Waals surface area contributed by atoms with Crippen molar-refractivity contribution in [3.63, 3.8) is 0 Å². The Morgan fingerprint density at radius 3 is 2.46 bits per heavy atom. The number of benzene rings is 1. The lowest BCUT2D eigenvalue weighted by atomic mass is 10.3. The number of hydrogen-bond donors (Lipinski definition) is 2. The highest BCUT2D eigenvalue weighted by Crippen LogP contribution is 2.25. The smallest absolute Gasteiger partial charge is 0.406 e. The van der Waals surface area contributed by atoms with Crippen LogP contribution in [0.4, 0.5) is 19.0 Å². The molecule has 0 radical (unpaired) electrons. The summed E-state index contributed by atoms with van der Waals surface area (Å²) in [4.78, 5) is 7.25. The van der Waals surface area contributed by atoms with Crippen molar-refractivity contribution in [1.29, 1.82) is 0 Å². The van der Waals surface area contributed by atoms with Crippen molar-refractivity contribution >= 4 is 27.0 Å². The van der Waals surface area contributed by atoms with Crippen LogP contribution >= 0.6 is 0 Å². The molecule has 0 amide bonds. The Morgan fingerprint density at radius 2 is 1.79 bits per heavy atom. The van der Waals surface area contributed by atoms with Gasteiger partial charge in [-0.3, -0.25) is 4.72 Å². The fourth-order valence-corrected chi connectivity index (χ4v) is 2.77. The third-order valence-electron chi connectivity index (χ3n) is 2.72. The van der Waals surface area contributed by atoms with Gasteiger partial charge in [0.05, 0.1) is 4.90 Å². The lowest BCUT2D eigenvalue weighted by molar-refractivity contribution is -0.274. The molecule has 126 valence electrons. The third-order valence-corrected chi connectivity index (χ3v) is 4.07. The number of sulfonamides is 1. The SMILES string of the molecule is O=S(=O)(Nc1ncnc2n[nH]nc12)c1ccc(OC(F)(F)F)cc1. The van der Waals surface area contributed by atoms with E-state index in [1.54, 1.807) is 0 Å². The van der Waals surface area contributed by atoms with E-state index in [2.05, 4.69) is 34.8 Å². The van der Waals surface area contributed by atoms with Gasteiger partial charge in [0.2, 0.25) is 5.65 Å².